The van der Waals surface area contributed by atoms with Crippen LogP contribution in [0.4, 0.5) is 4.39 Å². The van der Waals surface area contributed by atoms with Crippen molar-refractivity contribution in [3.8, 4) is 0 Å². The van der Waals surface area contributed by atoms with Gasteiger partial charge in [-0.3, -0.25) is 4.79 Å². The largest absolute Gasteiger partial charge is 0.388 e. The number of benzene rings is 1. The van der Waals surface area contributed by atoms with Gasteiger partial charge in [-0.15, -0.1) is 0 Å². The minimum Gasteiger partial charge on any atom is -0.388 e. The highest BCUT2D eigenvalue weighted by Crippen LogP contribution is 2.18. The average Bonchev–Trinajstić information content (AvgIpc) is 2.48. The van der Waals surface area contributed by atoms with Gasteiger partial charge in [-0.25, -0.2) is 4.39 Å². The Bertz CT molecular complexity index is 458. The fraction of sp³-hybridized carbons (Fsp3) is 0.562. The predicted octanol–water partition coefficient (Wildman–Crippen LogP) is 1.90. The van der Waals surface area contributed by atoms with E-state index >= 15 is 0 Å². The van der Waals surface area contributed by atoms with Gasteiger partial charge in [-0.2, -0.15) is 0 Å². The molecule has 0 aromatic heterocycles. The van der Waals surface area contributed by atoms with Crippen LogP contribution in [0.2, 0.25) is 0 Å². The molecular formula is C16H23FN2O2. The van der Waals surface area contributed by atoms with Gasteiger partial charge < -0.3 is 15.7 Å². The SMILES string of the molecule is CC(CC(O)c1ccc(F)cc1)NC(=O)C1CCCCN1. The molecule has 1 aliphatic rings. The smallest absolute Gasteiger partial charge is 0.237 e. The third kappa shape index (κ3) is 4.79. The van der Waals surface area contributed by atoms with Crippen molar-refractivity contribution in [1.29, 1.82) is 0 Å². The number of halogens is 1. The number of rotatable bonds is 5. The zero-order valence-electron chi connectivity index (χ0n) is 12.3. The summed E-state index contributed by atoms with van der Waals surface area (Å²) in [7, 11) is 0. The fourth-order valence-corrected chi connectivity index (χ4v) is 2.63. The number of aliphatic hydroxyl groups excluding tert-OH is 1. The van der Waals surface area contributed by atoms with Crippen LogP contribution in [-0.4, -0.2) is 29.6 Å². The van der Waals surface area contributed by atoms with Crippen LogP contribution in [0.25, 0.3) is 0 Å². The lowest BCUT2D eigenvalue weighted by Crippen LogP contribution is -2.49. The molecule has 0 radical (unpaired) electrons. The van der Waals surface area contributed by atoms with E-state index in [9.17, 15) is 14.3 Å². The van der Waals surface area contributed by atoms with Crippen molar-refractivity contribution in [2.75, 3.05) is 6.54 Å². The summed E-state index contributed by atoms with van der Waals surface area (Å²) in [6.07, 6.45) is 2.74. The van der Waals surface area contributed by atoms with Crippen LogP contribution >= 0.6 is 0 Å². The molecule has 1 fully saturated rings. The van der Waals surface area contributed by atoms with E-state index in [0.717, 1.165) is 25.8 Å². The maximum atomic E-state index is 12.8. The average molecular weight is 294 g/mol. The van der Waals surface area contributed by atoms with E-state index < -0.39 is 6.10 Å². The molecule has 0 spiro atoms. The van der Waals surface area contributed by atoms with E-state index in [-0.39, 0.29) is 23.8 Å². The topological polar surface area (TPSA) is 61.4 Å². The van der Waals surface area contributed by atoms with Crippen LogP contribution in [0.3, 0.4) is 0 Å². The molecule has 116 valence electrons. The van der Waals surface area contributed by atoms with Crippen LogP contribution in [0.1, 0.15) is 44.3 Å². The summed E-state index contributed by atoms with van der Waals surface area (Å²) in [4.78, 5) is 12.1. The van der Waals surface area contributed by atoms with Crippen LogP contribution < -0.4 is 10.6 Å². The van der Waals surface area contributed by atoms with E-state index in [1.807, 2.05) is 6.92 Å². The Balaban J connectivity index is 1.81. The molecule has 3 N–H and O–H groups in total. The quantitative estimate of drug-likeness (QED) is 0.777. The predicted molar refractivity (Wildman–Crippen MR) is 79.2 cm³/mol. The molecular weight excluding hydrogens is 271 g/mol. The summed E-state index contributed by atoms with van der Waals surface area (Å²) in [5, 5.41) is 16.2. The van der Waals surface area contributed by atoms with Gasteiger partial charge in [0.1, 0.15) is 5.82 Å². The highest BCUT2D eigenvalue weighted by atomic mass is 19.1. The molecule has 0 bridgehead atoms. The number of aliphatic hydroxyl groups is 1. The van der Waals surface area contributed by atoms with Gasteiger partial charge >= 0.3 is 0 Å². The molecule has 1 aromatic rings. The molecule has 0 saturated carbocycles. The van der Waals surface area contributed by atoms with Crippen molar-refractivity contribution in [3.05, 3.63) is 35.6 Å². The van der Waals surface area contributed by atoms with Gasteiger partial charge in [0.25, 0.3) is 0 Å². The molecule has 0 aliphatic carbocycles. The summed E-state index contributed by atoms with van der Waals surface area (Å²) < 4.78 is 12.8. The monoisotopic (exact) mass is 294 g/mol. The number of nitrogens with one attached hydrogen (secondary N) is 2. The molecule has 1 heterocycles. The van der Waals surface area contributed by atoms with Crippen molar-refractivity contribution in [2.45, 2.75) is 50.8 Å². The Morgan fingerprint density at radius 1 is 1.43 bits per heavy atom. The molecule has 1 amide bonds. The molecule has 1 saturated heterocycles. The van der Waals surface area contributed by atoms with Crippen molar-refractivity contribution in [2.24, 2.45) is 0 Å². The van der Waals surface area contributed by atoms with Crippen LogP contribution in [-0.2, 0) is 4.79 Å². The van der Waals surface area contributed by atoms with Crippen LogP contribution in [0.5, 0.6) is 0 Å². The summed E-state index contributed by atoms with van der Waals surface area (Å²) in [6.45, 7) is 2.75. The van der Waals surface area contributed by atoms with Gasteiger partial charge in [0, 0.05) is 6.04 Å². The van der Waals surface area contributed by atoms with Gasteiger partial charge in [0.05, 0.1) is 12.1 Å². The highest BCUT2D eigenvalue weighted by molar-refractivity contribution is 5.82. The van der Waals surface area contributed by atoms with Crippen molar-refractivity contribution >= 4 is 5.91 Å². The lowest BCUT2D eigenvalue weighted by atomic mass is 10.0. The first-order valence-electron chi connectivity index (χ1n) is 7.53. The molecule has 2 rings (SSSR count). The van der Waals surface area contributed by atoms with Crippen LogP contribution in [0, 0.1) is 5.82 Å². The lowest BCUT2D eigenvalue weighted by Gasteiger charge is -2.25. The first-order valence-corrected chi connectivity index (χ1v) is 7.53. The van der Waals surface area contributed by atoms with E-state index in [4.69, 9.17) is 0 Å². The number of hydrogen-bond donors (Lipinski definition) is 3. The van der Waals surface area contributed by atoms with E-state index in [2.05, 4.69) is 10.6 Å². The number of carbonyl (C=O) groups is 1. The molecule has 1 aromatic carbocycles. The Kier molecular flexibility index (Phi) is 5.70. The zero-order valence-corrected chi connectivity index (χ0v) is 12.3. The number of amides is 1. The second-order valence-electron chi connectivity index (χ2n) is 5.72. The number of carbonyl (C=O) groups excluding carboxylic acids is 1. The van der Waals surface area contributed by atoms with Crippen molar-refractivity contribution < 1.29 is 14.3 Å². The van der Waals surface area contributed by atoms with Crippen LogP contribution in [0.15, 0.2) is 24.3 Å². The third-order valence-corrected chi connectivity index (χ3v) is 3.85. The van der Waals surface area contributed by atoms with Crippen molar-refractivity contribution in [3.63, 3.8) is 0 Å². The molecule has 21 heavy (non-hydrogen) atoms. The van der Waals surface area contributed by atoms with Gasteiger partial charge in [0.15, 0.2) is 0 Å². The number of piperidine rings is 1. The fourth-order valence-electron chi connectivity index (χ4n) is 2.63. The number of hydrogen-bond acceptors (Lipinski definition) is 3. The molecule has 4 nitrogen and oxygen atoms in total. The third-order valence-electron chi connectivity index (χ3n) is 3.85. The molecule has 5 heteroatoms. The summed E-state index contributed by atoms with van der Waals surface area (Å²) in [5.74, 6) is -0.329. The second-order valence-corrected chi connectivity index (χ2v) is 5.72. The molecule has 1 aliphatic heterocycles. The summed E-state index contributed by atoms with van der Waals surface area (Å²) in [6, 6.07) is 5.53. The molecule has 3 atom stereocenters. The van der Waals surface area contributed by atoms with Gasteiger partial charge in [-0.05, 0) is 50.4 Å². The minimum atomic E-state index is -0.708. The highest BCUT2D eigenvalue weighted by Gasteiger charge is 2.22. The summed E-state index contributed by atoms with van der Waals surface area (Å²) in [5.41, 5.74) is 0.660. The first-order chi connectivity index (χ1) is 10.1. The van der Waals surface area contributed by atoms with Gasteiger partial charge in [0.2, 0.25) is 5.91 Å². The maximum absolute atomic E-state index is 12.8. The summed E-state index contributed by atoms with van der Waals surface area (Å²) >= 11 is 0. The Morgan fingerprint density at radius 2 is 2.14 bits per heavy atom. The first kappa shape index (κ1) is 15.9. The maximum Gasteiger partial charge on any atom is 0.237 e. The van der Waals surface area contributed by atoms with Gasteiger partial charge in [-0.1, -0.05) is 18.6 Å². The minimum absolute atomic E-state index is 0.00601. The zero-order chi connectivity index (χ0) is 15.2. The van der Waals surface area contributed by atoms with Crippen molar-refractivity contribution in [1.82, 2.24) is 10.6 Å². The van der Waals surface area contributed by atoms with E-state index in [1.165, 1.54) is 12.1 Å². The second kappa shape index (κ2) is 7.52. The molecule has 3 unspecified atom stereocenters. The van der Waals surface area contributed by atoms with E-state index in [1.54, 1.807) is 12.1 Å². The Labute approximate surface area is 124 Å². The standard InChI is InChI=1S/C16H23FN2O2/c1-11(19-16(21)14-4-2-3-9-18-14)10-15(20)12-5-7-13(17)8-6-12/h5-8,11,14-15,18,20H,2-4,9-10H2,1H3,(H,19,21). The Hall–Kier alpha value is -1.46. The van der Waals surface area contributed by atoms with E-state index in [0.29, 0.717) is 12.0 Å². The lowest BCUT2D eigenvalue weighted by molar-refractivity contribution is -0.124. The Morgan fingerprint density at radius 3 is 2.76 bits per heavy atom. The normalized spacial score (nSPS) is 21.6.